The maximum Gasteiger partial charge on any atom is 0.258 e. The van der Waals surface area contributed by atoms with Gasteiger partial charge in [-0.05, 0) is 38.1 Å². The van der Waals surface area contributed by atoms with Gasteiger partial charge in [-0.25, -0.2) is 4.68 Å². The van der Waals surface area contributed by atoms with Crippen LogP contribution in [0.1, 0.15) is 34.9 Å². The van der Waals surface area contributed by atoms with Gasteiger partial charge in [0.2, 0.25) is 11.7 Å². The molecule has 0 atom stereocenters. The molecule has 2 heterocycles. The Hall–Kier alpha value is -2.52. The molecule has 9 nitrogen and oxygen atoms in total. The molecule has 0 unspecified atom stereocenters. The number of aromatic nitrogens is 3. The zero-order valence-electron chi connectivity index (χ0n) is 16.4. The van der Waals surface area contributed by atoms with E-state index in [0.29, 0.717) is 34.7 Å². The summed E-state index contributed by atoms with van der Waals surface area (Å²) in [5, 5.41) is 10.6. The molecule has 1 amide bonds. The number of carbonyl (C=O) groups is 1. The van der Waals surface area contributed by atoms with Gasteiger partial charge >= 0.3 is 0 Å². The quantitative estimate of drug-likeness (QED) is 0.749. The third kappa shape index (κ3) is 4.48. The lowest BCUT2D eigenvalue weighted by Crippen LogP contribution is -2.27. The number of rotatable bonds is 6. The Labute approximate surface area is 170 Å². The Bertz CT molecular complexity index is 795. The minimum atomic E-state index is -0.332. The van der Waals surface area contributed by atoms with Crippen LogP contribution < -0.4 is 24.8 Å². The molecule has 0 saturated carbocycles. The van der Waals surface area contributed by atoms with Crippen LogP contribution in [0.5, 0.6) is 17.2 Å². The lowest BCUT2D eigenvalue weighted by molar-refractivity contribution is 0.102. The molecule has 2 N–H and O–H groups in total. The van der Waals surface area contributed by atoms with Crippen LogP contribution in [0.3, 0.4) is 0 Å². The zero-order chi connectivity index (χ0) is 19.4. The van der Waals surface area contributed by atoms with Gasteiger partial charge in [-0.2, -0.15) is 10.1 Å². The van der Waals surface area contributed by atoms with E-state index in [-0.39, 0.29) is 18.3 Å². The number of benzene rings is 1. The molecule has 28 heavy (non-hydrogen) atoms. The SMILES string of the molecule is COc1cc(C(=O)Nc2nc(C3CCNCC3)nn2C)cc(OC)c1OC.Cl. The molecule has 1 aliphatic heterocycles. The number of amides is 1. The second-order valence-corrected chi connectivity index (χ2v) is 6.31. The predicted molar refractivity (Wildman–Crippen MR) is 107 cm³/mol. The van der Waals surface area contributed by atoms with E-state index in [1.54, 1.807) is 23.9 Å². The molecule has 1 saturated heterocycles. The fraction of sp³-hybridized carbons (Fsp3) is 0.500. The lowest BCUT2D eigenvalue weighted by atomic mass is 9.98. The van der Waals surface area contributed by atoms with Gasteiger partial charge in [0, 0.05) is 18.5 Å². The summed E-state index contributed by atoms with van der Waals surface area (Å²) in [7, 11) is 6.30. The number of methoxy groups -OCH3 is 3. The smallest absolute Gasteiger partial charge is 0.258 e. The first-order chi connectivity index (χ1) is 13.1. The van der Waals surface area contributed by atoms with E-state index in [4.69, 9.17) is 14.2 Å². The summed E-state index contributed by atoms with van der Waals surface area (Å²) in [6.07, 6.45) is 1.98. The first-order valence-electron chi connectivity index (χ1n) is 8.80. The molecule has 3 rings (SSSR count). The van der Waals surface area contributed by atoms with Crippen LogP contribution in [0.4, 0.5) is 5.95 Å². The molecule has 0 bridgehead atoms. The van der Waals surface area contributed by atoms with E-state index < -0.39 is 0 Å². The number of aryl methyl sites for hydroxylation is 1. The molecule has 1 aliphatic rings. The number of hydrogen-bond acceptors (Lipinski definition) is 7. The van der Waals surface area contributed by atoms with Crippen molar-refractivity contribution in [3.05, 3.63) is 23.5 Å². The zero-order valence-corrected chi connectivity index (χ0v) is 17.3. The Morgan fingerprint density at radius 1 is 1.14 bits per heavy atom. The number of halogens is 1. The average Bonchev–Trinajstić information content (AvgIpc) is 3.07. The van der Waals surface area contributed by atoms with Gasteiger partial charge in [0.05, 0.1) is 21.3 Å². The number of hydrogen-bond donors (Lipinski definition) is 2. The summed E-state index contributed by atoms with van der Waals surface area (Å²) in [4.78, 5) is 17.3. The summed E-state index contributed by atoms with van der Waals surface area (Å²) in [6.45, 7) is 1.91. The fourth-order valence-corrected chi connectivity index (χ4v) is 3.15. The first kappa shape index (κ1) is 21.8. The molecule has 154 valence electrons. The van der Waals surface area contributed by atoms with Crippen LogP contribution >= 0.6 is 12.4 Å². The number of nitrogens with one attached hydrogen (secondary N) is 2. The van der Waals surface area contributed by atoms with E-state index >= 15 is 0 Å². The second-order valence-electron chi connectivity index (χ2n) is 6.31. The van der Waals surface area contributed by atoms with Crippen LogP contribution in [0.2, 0.25) is 0 Å². The summed E-state index contributed by atoms with van der Waals surface area (Å²) in [5.41, 5.74) is 0.371. The molecule has 0 radical (unpaired) electrons. The monoisotopic (exact) mass is 411 g/mol. The van der Waals surface area contributed by atoms with Crippen LogP contribution in [0.25, 0.3) is 0 Å². The van der Waals surface area contributed by atoms with Crippen LogP contribution in [0.15, 0.2) is 12.1 Å². The fourth-order valence-electron chi connectivity index (χ4n) is 3.15. The largest absolute Gasteiger partial charge is 0.493 e. The van der Waals surface area contributed by atoms with Gasteiger partial charge in [-0.3, -0.25) is 10.1 Å². The number of piperidine rings is 1. The summed E-state index contributed by atoms with van der Waals surface area (Å²) in [6, 6.07) is 3.20. The minimum Gasteiger partial charge on any atom is -0.493 e. The molecule has 0 spiro atoms. The highest BCUT2D eigenvalue weighted by Crippen LogP contribution is 2.38. The standard InChI is InChI=1S/C18H25N5O4.ClH/c1-23-18(20-16(22-23)11-5-7-19-8-6-11)21-17(24)12-9-13(25-2)15(27-4)14(10-12)26-3;/h9-11,19H,5-8H2,1-4H3,(H,20,21,22,24);1H. The number of ether oxygens (including phenoxy) is 3. The van der Waals surface area contributed by atoms with E-state index in [0.717, 1.165) is 31.8 Å². The van der Waals surface area contributed by atoms with Crippen LogP contribution in [-0.4, -0.2) is 55.1 Å². The van der Waals surface area contributed by atoms with Crippen molar-refractivity contribution in [2.45, 2.75) is 18.8 Å². The molecule has 1 aromatic carbocycles. The Morgan fingerprint density at radius 2 is 1.75 bits per heavy atom. The molecule has 2 aromatic rings. The Balaban J connectivity index is 0.00000280. The molecular formula is C18H26ClN5O4. The second kappa shape index (κ2) is 9.61. The van der Waals surface area contributed by atoms with E-state index in [9.17, 15) is 4.79 Å². The summed E-state index contributed by atoms with van der Waals surface area (Å²) in [5.74, 6) is 2.40. The maximum absolute atomic E-state index is 12.7. The van der Waals surface area contributed by atoms with Gasteiger partial charge in [0.15, 0.2) is 17.3 Å². The highest BCUT2D eigenvalue weighted by Gasteiger charge is 2.22. The molecule has 1 aromatic heterocycles. The summed E-state index contributed by atoms with van der Waals surface area (Å²) < 4.78 is 17.5. The number of anilines is 1. The summed E-state index contributed by atoms with van der Waals surface area (Å²) >= 11 is 0. The Morgan fingerprint density at radius 3 is 2.29 bits per heavy atom. The number of carbonyl (C=O) groups excluding carboxylic acids is 1. The van der Waals surface area contributed by atoms with Gasteiger partial charge in [-0.15, -0.1) is 12.4 Å². The molecule has 1 fully saturated rings. The van der Waals surface area contributed by atoms with Crippen molar-refractivity contribution in [2.24, 2.45) is 7.05 Å². The predicted octanol–water partition coefficient (Wildman–Crippen LogP) is 1.98. The Kier molecular flexibility index (Phi) is 7.47. The molecule has 0 aliphatic carbocycles. The van der Waals surface area contributed by atoms with Crippen molar-refractivity contribution in [2.75, 3.05) is 39.7 Å². The maximum atomic E-state index is 12.7. The van der Waals surface area contributed by atoms with Crippen molar-refractivity contribution in [1.29, 1.82) is 0 Å². The minimum absolute atomic E-state index is 0. The lowest BCUT2D eigenvalue weighted by Gasteiger charge is -2.19. The third-order valence-corrected chi connectivity index (χ3v) is 4.64. The molecular weight excluding hydrogens is 386 g/mol. The van der Waals surface area contributed by atoms with Gasteiger partial charge in [0.1, 0.15) is 0 Å². The van der Waals surface area contributed by atoms with Crippen molar-refractivity contribution < 1.29 is 19.0 Å². The average molecular weight is 412 g/mol. The topological polar surface area (TPSA) is 99.5 Å². The van der Waals surface area contributed by atoms with E-state index in [1.807, 2.05) is 0 Å². The third-order valence-electron chi connectivity index (χ3n) is 4.64. The molecule has 10 heteroatoms. The first-order valence-corrected chi connectivity index (χ1v) is 8.80. The van der Waals surface area contributed by atoms with Crippen molar-refractivity contribution in [1.82, 2.24) is 20.1 Å². The number of nitrogens with zero attached hydrogens (tertiary/aromatic N) is 3. The van der Waals surface area contributed by atoms with E-state index in [1.165, 1.54) is 21.3 Å². The van der Waals surface area contributed by atoms with E-state index in [2.05, 4.69) is 20.7 Å². The van der Waals surface area contributed by atoms with Crippen LogP contribution in [0, 0.1) is 0 Å². The van der Waals surface area contributed by atoms with Gasteiger partial charge < -0.3 is 19.5 Å². The van der Waals surface area contributed by atoms with Gasteiger partial charge in [0.25, 0.3) is 5.91 Å². The highest BCUT2D eigenvalue weighted by molar-refractivity contribution is 6.04. The van der Waals surface area contributed by atoms with Crippen molar-refractivity contribution >= 4 is 24.3 Å². The van der Waals surface area contributed by atoms with Crippen molar-refractivity contribution in [3.63, 3.8) is 0 Å². The highest BCUT2D eigenvalue weighted by atomic mass is 35.5. The van der Waals surface area contributed by atoms with Crippen molar-refractivity contribution in [3.8, 4) is 17.2 Å². The normalized spacial score (nSPS) is 14.1. The van der Waals surface area contributed by atoms with Crippen LogP contribution in [-0.2, 0) is 7.05 Å². The van der Waals surface area contributed by atoms with Gasteiger partial charge in [-0.1, -0.05) is 0 Å².